The molecule has 5 nitrogen and oxygen atoms in total. The summed E-state index contributed by atoms with van der Waals surface area (Å²) in [5.41, 5.74) is 0. The Morgan fingerprint density at radius 1 is 0.833 bits per heavy atom. The van der Waals surface area contributed by atoms with E-state index in [1.165, 1.54) is 7.11 Å². The van der Waals surface area contributed by atoms with E-state index in [1.54, 1.807) is 6.92 Å². The number of Topliss-reactive ketones (excluding diaryl/α,β-unsaturated/α-hetero) is 1. The van der Waals surface area contributed by atoms with Crippen molar-refractivity contribution in [1.82, 2.24) is 0 Å². The summed E-state index contributed by atoms with van der Waals surface area (Å²) in [4.78, 5) is 33.2. The monoisotopic (exact) mass is 258 g/mol. The number of methoxy groups -OCH3 is 1. The lowest BCUT2D eigenvalue weighted by Gasteiger charge is -2.02. The summed E-state index contributed by atoms with van der Waals surface area (Å²) in [5, 5.41) is 0. The Hall–Kier alpha value is -1.39. The highest BCUT2D eigenvalue weighted by atomic mass is 16.5. The number of ketones is 1. The molecule has 0 aromatic carbocycles. The van der Waals surface area contributed by atoms with E-state index in [1.807, 2.05) is 0 Å². The highest BCUT2D eigenvalue weighted by Crippen LogP contribution is 2.06. The van der Waals surface area contributed by atoms with Crippen molar-refractivity contribution in [2.45, 2.75) is 51.9 Å². The molecule has 104 valence electrons. The normalized spacial score (nSPS) is 9.89. The van der Waals surface area contributed by atoms with E-state index in [-0.39, 0.29) is 17.7 Å². The Morgan fingerprint density at radius 3 is 2.00 bits per heavy atom. The summed E-state index contributed by atoms with van der Waals surface area (Å²) < 4.78 is 9.26. The Kier molecular flexibility index (Phi) is 9.91. The number of hydrogen-bond donors (Lipinski definition) is 0. The van der Waals surface area contributed by atoms with Gasteiger partial charge in [-0.15, -0.1) is 0 Å². The van der Waals surface area contributed by atoms with Crippen LogP contribution in [-0.2, 0) is 23.9 Å². The van der Waals surface area contributed by atoms with Crippen molar-refractivity contribution in [2.75, 3.05) is 13.7 Å². The highest BCUT2D eigenvalue weighted by Gasteiger charge is 2.06. The van der Waals surface area contributed by atoms with Crippen molar-refractivity contribution in [3.8, 4) is 0 Å². The molecule has 18 heavy (non-hydrogen) atoms. The van der Waals surface area contributed by atoms with E-state index < -0.39 is 0 Å². The molecule has 0 amide bonds. The van der Waals surface area contributed by atoms with Gasteiger partial charge in [0.2, 0.25) is 0 Å². The first kappa shape index (κ1) is 16.6. The van der Waals surface area contributed by atoms with Crippen molar-refractivity contribution < 1.29 is 23.9 Å². The Morgan fingerprint density at radius 2 is 1.39 bits per heavy atom. The molecule has 0 saturated carbocycles. The van der Waals surface area contributed by atoms with Gasteiger partial charge in [0.25, 0.3) is 0 Å². The topological polar surface area (TPSA) is 69.7 Å². The second kappa shape index (κ2) is 10.7. The summed E-state index contributed by atoms with van der Waals surface area (Å²) >= 11 is 0. The van der Waals surface area contributed by atoms with Crippen LogP contribution in [0.15, 0.2) is 0 Å². The average molecular weight is 258 g/mol. The second-order valence-corrected chi connectivity index (χ2v) is 3.98. The van der Waals surface area contributed by atoms with E-state index >= 15 is 0 Å². The van der Waals surface area contributed by atoms with Crippen LogP contribution in [-0.4, -0.2) is 31.4 Å². The number of esters is 2. The van der Waals surface area contributed by atoms with Crippen molar-refractivity contribution in [2.24, 2.45) is 0 Å². The molecule has 0 fully saturated rings. The van der Waals surface area contributed by atoms with Gasteiger partial charge < -0.3 is 9.47 Å². The summed E-state index contributed by atoms with van der Waals surface area (Å²) in [6.45, 7) is 2.13. The van der Waals surface area contributed by atoms with Gasteiger partial charge in [0, 0.05) is 25.7 Å². The zero-order valence-electron chi connectivity index (χ0n) is 11.2. The third-order valence-electron chi connectivity index (χ3n) is 2.46. The standard InChI is InChI=1S/C13H22O5/c1-3-18-13(16)10-6-8-11(14)7-4-5-9-12(15)17-2/h3-10H2,1-2H3. The van der Waals surface area contributed by atoms with Gasteiger partial charge in [-0.2, -0.15) is 0 Å². The number of carbonyl (C=O) groups is 3. The van der Waals surface area contributed by atoms with E-state index in [4.69, 9.17) is 4.74 Å². The molecule has 0 spiro atoms. The molecular formula is C13H22O5. The van der Waals surface area contributed by atoms with Crippen LogP contribution in [0.5, 0.6) is 0 Å². The summed E-state index contributed by atoms with van der Waals surface area (Å²) in [6, 6.07) is 0. The number of rotatable bonds is 10. The largest absolute Gasteiger partial charge is 0.469 e. The van der Waals surface area contributed by atoms with Crippen molar-refractivity contribution in [1.29, 1.82) is 0 Å². The van der Waals surface area contributed by atoms with Gasteiger partial charge in [-0.3, -0.25) is 14.4 Å². The molecule has 0 rings (SSSR count). The molecule has 0 aliphatic heterocycles. The lowest BCUT2D eigenvalue weighted by molar-refractivity contribution is -0.143. The second-order valence-electron chi connectivity index (χ2n) is 3.98. The molecule has 0 heterocycles. The first-order valence-electron chi connectivity index (χ1n) is 6.34. The van der Waals surface area contributed by atoms with Crippen LogP contribution in [0.2, 0.25) is 0 Å². The van der Waals surface area contributed by atoms with E-state index in [0.717, 1.165) is 0 Å². The summed E-state index contributed by atoms with van der Waals surface area (Å²) in [5.74, 6) is -0.370. The van der Waals surface area contributed by atoms with Gasteiger partial charge >= 0.3 is 11.9 Å². The molecule has 0 saturated heterocycles. The number of hydrogen-bond acceptors (Lipinski definition) is 5. The third-order valence-corrected chi connectivity index (χ3v) is 2.46. The molecule has 0 aromatic rings. The maximum absolute atomic E-state index is 11.4. The van der Waals surface area contributed by atoms with E-state index in [0.29, 0.717) is 51.6 Å². The molecule has 0 aliphatic carbocycles. The zero-order chi connectivity index (χ0) is 13.8. The number of carbonyl (C=O) groups excluding carboxylic acids is 3. The molecule has 0 aromatic heterocycles. The third kappa shape index (κ3) is 9.81. The zero-order valence-corrected chi connectivity index (χ0v) is 11.2. The predicted octanol–water partition coefficient (Wildman–Crippen LogP) is 2.02. The van der Waals surface area contributed by atoms with Crippen molar-refractivity contribution >= 4 is 17.7 Å². The van der Waals surface area contributed by atoms with Crippen LogP contribution in [0, 0.1) is 0 Å². The van der Waals surface area contributed by atoms with Crippen molar-refractivity contribution in [3.05, 3.63) is 0 Å². The molecule has 0 unspecified atom stereocenters. The quantitative estimate of drug-likeness (QED) is 0.443. The Balaban J connectivity index is 3.43. The lowest BCUT2D eigenvalue weighted by atomic mass is 10.1. The minimum atomic E-state index is -0.254. The first-order chi connectivity index (χ1) is 8.60. The minimum Gasteiger partial charge on any atom is -0.469 e. The van der Waals surface area contributed by atoms with Gasteiger partial charge in [0.1, 0.15) is 5.78 Å². The predicted molar refractivity (Wildman–Crippen MR) is 66.0 cm³/mol. The fraction of sp³-hybridized carbons (Fsp3) is 0.769. The summed E-state index contributed by atoms with van der Waals surface area (Å²) in [7, 11) is 1.35. The van der Waals surface area contributed by atoms with Gasteiger partial charge in [0.05, 0.1) is 13.7 Å². The summed E-state index contributed by atoms with van der Waals surface area (Å²) in [6.07, 6.45) is 3.39. The molecule has 0 radical (unpaired) electrons. The smallest absolute Gasteiger partial charge is 0.305 e. The van der Waals surface area contributed by atoms with Gasteiger partial charge in [-0.05, 0) is 26.2 Å². The maximum atomic E-state index is 11.4. The van der Waals surface area contributed by atoms with Crippen LogP contribution in [0.25, 0.3) is 0 Å². The maximum Gasteiger partial charge on any atom is 0.305 e. The molecule has 0 bridgehead atoms. The Bertz CT molecular complexity index is 273. The molecule has 0 atom stereocenters. The number of unbranched alkanes of at least 4 members (excludes halogenated alkanes) is 1. The van der Waals surface area contributed by atoms with Crippen LogP contribution in [0.4, 0.5) is 0 Å². The Labute approximate surface area is 108 Å². The van der Waals surface area contributed by atoms with Crippen LogP contribution in [0.3, 0.4) is 0 Å². The SMILES string of the molecule is CCOC(=O)CCCC(=O)CCCCC(=O)OC. The molecule has 0 aliphatic rings. The minimum absolute atomic E-state index is 0.129. The first-order valence-corrected chi connectivity index (χ1v) is 6.34. The lowest BCUT2D eigenvalue weighted by Crippen LogP contribution is -2.06. The van der Waals surface area contributed by atoms with Crippen LogP contribution < -0.4 is 0 Å². The van der Waals surface area contributed by atoms with Crippen molar-refractivity contribution in [3.63, 3.8) is 0 Å². The average Bonchev–Trinajstić information content (AvgIpc) is 2.34. The van der Waals surface area contributed by atoms with Gasteiger partial charge in [-0.1, -0.05) is 0 Å². The van der Waals surface area contributed by atoms with E-state index in [9.17, 15) is 14.4 Å². The van der Waals surface area contributed by atoms with Gasteiger partial charge in [0.15, 0.2) is 0 Å². The van der Waals surface area contributed by atoms with Crippen LogP contribution >= 0.6 is 0 Å². The number of ether oxygens (including phenoxy) is 2. The highest BCUT2D eigenvalue weighted by molar-refractivity contribution is 5.79. The van der Waals surface area contributed by atoms with Crippen LogP contribution in [0.1, 0.15) is 51.9 Å². The molecule has 5 heteroatoms. The van der Waals surface area contributed by atoms with E-state index in [2.05, 4.69) is 4.74 Å². The fourth-order valence-electron chi connectivity index (χ4n) is 1.48. The molecule has 0 N–H and O–H groups in total. The molecular weight excluding hydrogens is 236 g/mol. The van der Waals surface area contributed by atoms with Gasteiger partial charge in [-0.25, -0.2) is 0 Å². The fourth-order valence-corrected chi connectivity index (χ4v) is 1.48.